The molecular weight excluding hydrogens is 298 g/mol. The van der Waals surface area contributed by atoms with Gasteiger partial charge in [-0.25, -0.2) is 0 Å². The molecule has 94 valence electrons. The molecule has 1 aromatic rings. The van der Waals surface area contributed by atoms with Gasteiger partial charge in [-0.3, -0.25) is 0 Å². The highest BCUT2D eigenvalue weighted by atomic mass is 79.9. The van der Waals surface area contributed by atoms with Crippen LogP contribution in [0.1, 0.15) is 19.3 Å². The topological polar surface area (TPSA) is 12.5 Å². The van der Waals surface area contributed by atoms with Gasteiger partial charge in [-0.2, -0.15) is 0 Å². The summed E-state index contributed by atoms with van der Waals surface area (Å²) >= 11 is 7.80. The van der Waals surface area contributed by atoms with Crippen LogP contribution in [0.5, 0.6) is 5.75 Å². The Balaban J connectivity index is 1.70. The van der Waals surface area contributed by atoms with Crippen LogP contribution in [0.3, 0.4) is 0 Å². The predicted octanol–water partition coefficient (Wildman–Crippen LogP) is 3.60. The van der Waals surface area contributed by atoms with Gasteiger partial charge < -0.3 is 9.64 Å². The summed E-state index contributed by atoms with van der Waals surface area (Å²) in [6, 6.07) is 5.90. The maximum absolute atomic E-state index is 5.73. The maximum atomic E-state index is 5.73. The Bertz CT molecular complexity index is 366. The molecule has 0 bridgehead atoms. The van der Waals surface area contributed by atoms with Crippen LogP contribution in [0.25, 0.3) is 0 Å². The van der Waals surface area contributed by atoms with Crippen molar-refractivity contribution in [1.82, 2.24) is 4.90 Å². The van der Waals surface area contributed by atoms with Crippen molar-refractivity contribution in [3.63, 3.8) is 0 Å². The second kappa shape index (κ2) is 6.66. The Hall–Kier alpha value is -0.190. The molecule has 0 aliphatic carbocycles. The molecule has 1 aromatic carbocycles. The molecule has 0 saturated carbocycles. The molecule has 0 atom stereocenters. The quantitative estimate of drug-likeness (QED) is 0.658. The first-order chi connectivity index (χ1) is 8.25. The van der Waals surface area contributed by atoms with Gasteiger partial charge in [0.25, 0.3) is 0 Å². The minimum Gasteiger partial charge on any atom is -0.492 e. The number of halogens is 1. The van der Waals surface area contributed by atoms with Gasteiger partial charge in [0.15, 0.2) is 0 Å². The molecule has 1 aliphatic heterocycles. The number of thiol groups is 1. The molecule has 1 saturated heterocycles. The summed E-state index contributed by atoms with van der Waals surface area (Å²) in [4.78, 5) is 3.40. The SMILES string of the molecule is Sc1cc(Br)ccc1OCCCN1CCCC1. The summed E-state index contributed by atoms with van der Waals surface area (Å²) in [5, 5.41) is 0. The average molecular weight is 316 g/mol. The van der Waals surface area contributed by atoms with Crippen molar-refractivity contribution in [3.8, 4) is 5.75 Å². The third-order valence-corrected chi connectivity index (χ3v) is 3.84. The van der Waals surface area contributed by atoms with E-state index >= 15 is 0 Å². The van der Waals surface area contributed by atoms with Crippen molar-refractivity contribution in [1.29, 1.82) is 0 Å². The van der Waals surface area contributed by atoms with Crippen LogP contribution in [0.2, 0.25) is 0 Å². The van der Waals surface area contributed by atoms with E-state index in [1.807, 2.05) is 18.2 Å². The van der Waals surface area contributed by atoms with E-state index in [1.165, 1.54) is 25.9 Å². The van der Waals surface area contributed by atoms with E-state index in [0.29, 0.717) is 0 Å². The van der Waals surface area contributed by atoms with Crippen LogP contribution in [0.15, 0.2) is 27.6 Å². The summed E-state index contributed by atoms with van der Waals surface area (Å²) in [6.07, 6.45) is 3.80. The van der Waals surface area contributed by atoms with Crippen molar-refractivity contribution in [2.24, 2.45) is 0 Å². The summed E-state index contributed by atoms with van der Waals surface area (Å²) in [6.45, 7) is 4.44. The van der Waals surface area contributed by atoms with Gasteiger partial charge in [0, 0.05) is 15.9 Å². The van der Waals surface area contributed by atoms with Crippen LogP contribution >= 0.6 is 28.6 Å². The lowest BCUT2D eigenvalue weighted by molar-refractivity contribution is 0.259. The van der Waals surface area contributed by atoms with Crippen LogP contribution in [-0.4, -0.2) is 31.1 Å². The summed E-state index contributed by atoms with van der Waals surface area (Å²) in [5.41, 5.74) is 0. The summed E-state index contributed by atoms with van der Waals surface area (Å²) in [5.74, 6) is 0.873. The van der Waals surface area contributed by atoms with Gasteiger partial charge in [-0.15, -0.1) is 12.6 Å². The molecule has 0 N–H and O–H groups in total. The van der Waals surface area contributed by atoms with E-state index in [0.717, 1.165) is 34.7 Å². The Morgan fingerprint density at radius 1 is 1.29 bits per heavy atom. The van der Waals surface area contributed by atoms with Gasteiger partial charge in [0.2, 0.25) is 0 Å². The van der Waals surface area contributed by atoms with E-state index < -0.39 is 0 Å². The second-order valence-corrected chi connectivity index (χ2v) is 5.76. The molecule has 0 radical (unpaired) electrons. The van der Waals surface area contributed by atoms with E-state index in [1.54, 1.807) is 0 Å². The molecular formula is C13H18BrNOS. The lowest BCUT2D eigenvalue weighted by Gasteiger charge is -2.14. The van der Waals surface area contributed by atoms with Gasteiger partial charge in [0.05, 0.1) is 6.61 Å². The van der Waals surface area contributed by atoms with Crippen molar-refractivity contribution in [2.75, 3.05) is 26.2 Å². The minimum atomic E-state index is 0.770. The molecule has 0 spiro atoms. The van der Waals surface area contributed by atoms with Crippen LogP contribution < -0.4 is 4.74 Å². The molecule has 1 fully saturated rings. The fraction of sp³-hybridized carbons (Fsp3) is 0.538. The van der Waals surface area contributed by atoms with Crippen LogP contribution in [0.4, 0.5) is 0 Å². The zero-order valence-corrected chi connectivity index (χ0v) is 12.3. The monoisotopic (exact) mass is 315 g/mol. The van der Waals surface area contributed by atoms with Crippen molar-refractivity contribution in [3.05, 3.63) is 22.7 Å². The van der Waals surface area contributed by atoms with Crippen LogP contribution in [-0.2, 0) is 0 Å². The molecule has 2 rings (SSSR count). The molecule has 1 aliphatic rings. The number of nitrogens with zero attached hydrogens (tertiary/aromatic N) is 1. The molecule has 17 heavy (non-hydrogen) atoms. The largest absolute Gasteiger partial charge is 0.492 e. The van der Waals surface area contributed by atoms with Gasteiger partial charge in [-0.05, 0) is 50.6 Å². The first-order valence-electron chi connectivity index (χ1n) is 6.09. The maximum Gasteiger partial charge on any atom is 0.132 e. The molecule has 4 heteroatoms. The molecule has 1 heterocycles. The van der Waals surface area contributed by atoms with Gasteiger partial charge in [0.1, 0.15) is 5.75 Å². The Morgan fingerprint density at radius 2 is 2.06 bits per heavy atom. The molecule has 0 aromatic heterocycles. The van der Waals surface area contributed by atoms with E-state index in [4.69, 9.17) is 4.74 Å². The Labute approximate surface area is 117 Å². The zero-order chi connectivity index (χ0) is 12.1. The minimum absolute atomic E-state index is 0.770. The highest BCUT2D eigenvalue weighted by molar-refractivity contribution is 9.10. The number of benzene rings is 1. The Morgan fingerprint density at radius 3 is 2.76 bits per heavy atom. The molecule has 2 nitrogen and oxygen atoms in total. The predicted molar refractivity (Wildman–Crippen MR) is 77.2 cm³/mol. The normalized spacial score (nSPS) is 16.4. The van der Waals surface area contributed by atoms with Crippen LogP contribution in [0, 0.1) is 0 Å². The summed E-state index contributed by atoms with van der Waals surface area (Å²) in [7, 11) is 0. The molecule has 0 amide bonds. The average Bonchev–Trinajstić information content (AvgIpc) is 2.79. The third-order valence-electron chi connectivity index (χ3n) is 3.00. The first kappa shape index (κ1) is 13.2. The lowest BCUT2D eigenvalue weighted by atomic mass is 10.3. The Kier molecular flexibility index (Phi) is 5.19. The smallest absolute Gasteiger partial charge is 0.132 e. The fourth-order valence-corrected chi connectivity index (χ4v) is 2.91. The van der Waals surface area contributed by atoms with E-state index in [9.17, 15) is 0 Å². The third kappa shape index (κ3) is 4.19. The van der Waals surface area contributed by atoms with Crippen molar-refractivity contribution < 1.29 is 4.74 Å². The van der Waals surface area contributed by atoms with E-state index in [-0.39, 0.29) is 0 Å². The standard InChI is InChI=1S/C13H18BrNOS/c14-11-4-5-12(13(17)10-11)16-9-3-8-15-6-1-2-7-15/h4-5,10,17H,1-3,6-9H2. The second-order valence-electron chi connectivity index (χ2n) is 4.36. The van der Waals surface area contributed by atoms with Crippen molar-refractivity contribution >= 4 is 28.6 Å². The first-order valence-corrected chi connectivity index (χ1v) is 7.33. The van der Waals surface area contributed by atoms with Gasteiger partial charge in [-0.1, -0.05) is 15.9 Å². The fourth-order valence-electron chi connectivity index (χ4n) is 2.09. The summed E-state index contributed by atoms with van der Waals surface area (Å²) < 4.78 is 6.76. The zero-order valence-electron chi connectivity index (χ0n) is 9.86. The number of hydrogen-bond donors (Lipinski definition) is 1. The van der Waals surface area contributed by atoms with Gasteiger partial charge >= 0.3 is 0 Å². The van der Waals surface area contributed by atoms with Crippen molar-refractivity contribution in [2.45, 2.75) is 24.2 Å². The lowest BCUT2D eigenvalue weighted by Crippen LogP contribution is -2.21. The van der Waals surface area contributed by atoms with E-state index in [2.05, 4.69) is 33.5 Å². The molecule has 0 unspecified atom stereocenters. The number of ether oxygens (including phenoxy) is 1. The number of hydrogen-bond acceptors (Lipinski definition) is 3. The highest BCUT2D eigenvalue weighted by Crippen LogP contribution is 2.26. The number of rotatable bonds is 5. The number of likely N-dealkylation sites (tertiary alicyclic amines) is 1. The highest BCUT2D eigenvalue weighted by Gasteiger charge is 2.10.